The van der Waals surface area contributed by atoms with Crippen molar-refractivity contribution >= 4 is 16.9 Å². The van der Waals surface area contributed by atoms with Crippen molar-refractivity contribution in [2.45, 2.75) is 12.8 Å². The SMILES string of the molecule is C=CC(=O)CCc1ccc(-c2ccnc3cc(-c4ccccc4)oc23)cc1. The van der Waals surface area contributed by atoms with Crippen LogP contribution in [0, 0.1) is 0 Å². The fraction of sp³-hybridized carbons (Fsp3) is 0.0833. The molecule has 0 atom stereocenters. The van der Waals surface area contributed by atoms with E-state index in [9.17, 15) is 4.79 Å². The zero-order valence-electron chi connectivity index (χ0n) is 14.9. The highest BCUT2D eigenvalue weighted by Gasteiger charge is 2.12. The Morgan fingerprint density at radius 3 is 2.52 bits per heavy atom. The normalized spacial score (nSPS) is 10.8. The third-order valence-electron chi connectivity index (χ3n) is 4.62. The summed E-state index contributed by atoms with van der Waals surface area (Å²) in [5.41, 5.74) is 5.86. The van der Waals surface area contributed by atoms with E-state index in [1.807, 2.05) is 42.5 Å². The number of hydrogen-bond acceptors (Lipinski definition) is 3. The minimum atomic E-state index is 0.0685. The third kappa shape index (κ3) is 3.58. The van der Waals surface area contributed by atoms with Crippen molar-refractivity contribution in [3.05, 3.63) is 91.1 Å². The Kier molecular flexibility index (Phi) is 4.67. The number of carbonyl (C=O) groups excluding carboxylic acids is 1. The molecule has 0 N–H and O–H groups in total. The average molecular weight is 353 g/mol. The van der Waals surface area contributed by atoms with E-state index >= 15 is 0 Å². The van der Waals surface area contributed by atoms with E-state index < -0.39 is 0 Å². The summed E-state index contributed by atoms with van der Waals surface area (Å²) in [5.74, 6) is 0.879. The summed E-state index contributed by atoms with van der Waals surface area (Å²) < 4.78 is 6.15. The predicted octanol–water partition coefficient (Wildman–Crippen LogP) is 5.85. The molecule has 0 aliphatic rings. The molecule has 0 spiro atoms. The van der Waals surface area contributed by atoms with Crippen molar-refractivity contribution in [3.8, 4) is 22.5 Å². The maximum atomic E-state index is 11.4. The van der Waals surface area contributed by atoms with E-state index in [1.165, 1.54) is 6.08 Å². The quantitative estimate of drug-likeness (QED) is 0.408. The van der Waals surface area contributed by atoms with Gasteiger partial charge in [-0.2, -0.15) is 0 Å². The van der Waals surface area contributed by atoms with E-state index in [1.54, 1.807) is 6.20 Å². The predicted molar refractivity (Wildman–Crippen MR) is 108 cm³/mol. The van der Waals surface area contributed by atoms with Gasteiger partial charge in [0.1, 0.15) is 11.3 Å². The van der Waals surface area contributed by atoms with Gasteiger partial charge in [-0.05, 0) is 29.7 Å². The van der Waals surface area contributed by atoms with E-state index in [2.05, 4.69) is 35.8 Å². The molecule has 0 aliphatic heterocycles. The number of pyridine rings is 1. The van der Waals surface area contributed by atoms with Crippen LogP contribution >= 0.6 is 0 Å². The third-order valence-corrected chi connectivity index (χ3v) is 4.62. The molecule has 0 saturated heterocycles. The van der Waals surface area contributed by atoms with Crippen LogP contribution in [0.1, 0.15) is 12.0 Å². The first kappa shape index (κ1) is 17.0. The molecular weight excluding hydrogens is 334 g/mol. The Hall–Kier alpha value is -3.46. The first-order valence-electron chi connectivity index (χ1n) is 8.93. The van der Waals surface area contributed by atoms with Crippen LogP contribution in [-0.4, -0.2) is 10.8 Å². The summed E-state index contributed by atoms with van der Waals surface area (Å²) in [7, 11) is 0. The lowest BCUT2D eigenvalue weighted by molar-refractivity contribution is -0.114. The lowest BCUT2D eigenvalue weighted by Crippen LogP contribution is -1.95. The summed E-state index contributed by atoms with van der Waals surface area (Å²) in [6.45, 7) is 3.51. The fourth-order valence-electron chi connectivity index (χ4n) is 3.13. The zero-order valence-corrected chi connectivity index (χ0v) is 14.9. The van der Waals surface area contributed by atoms with E-state index in [-0.39, 0.29) is 5.78 Å². The molecule has 0 aliphatic carbocycles. The van der Waals surface area contributed by atoms with Crippen molar-refractivity contribution in [2.75, 3.05) is 0 Å². The first-order chi connectivity index (χ1) is 13.2. The van der Waals surface area contributed by atoms with Gasteiger partial charge >= 0.3 is 0 Å². The first-order valence-corrected chi connectivity index (χ1v) is 8.93. The van der Waals surface area contributed by atoms with Crippen molar-refractivity contribution in [2.24, 2.45) is 0 Å². The number of carbonyl (C=O) groups is 1. The highest BCUT2D eigenvalue weighted by molar-refractivity contribution is 5.92. The Balaban J connectivity index is 1.66. The van der Waals surface area contributed by atoms with Crippen molar-refractivity contribution in [1.82, 2.24) is 4.98 Å². The number of nitrogens with zero attached hydrogens (tertiary/aromatic N) is 1. The number of benzene rings is 2. The molecule has 4 aromatic rings. The van der Waals surface area contributed by atoms with Crippen LogP contribution < -0.4 is 0 Å². The Labute approximate surface area is 158 Å². The number of aromatic nitrogens is 1. The lowest BCUT2D eigenvalue weighted by Gasteiger charge is -2.05. The highest BCUT2D eigenvalue weighted by atomic mass is 16.3. The molecule has 0 radical (unpaired) electrons. The second-order valence-corrected chi connectivity index (χ2v) is 6.42. The van der Waals surface area contributed by atoms with Crippen LogP contribution in [0.3, 0.4) is 0 Å². The number of aryl methyl sites for hydroxylation is 1. The minimum absolute atomic E-state index is 0.0685. The monoisotopic (exact) mass is 353 g/mol. The molecule has 0 fully saturated rings. The Morgan fingerprint density at radius 1 is 1.00 bits per heavy atom. The molecule has 2 aromatic heterocycles. The van der Waals surface area contributed by atoms with Crippen LogP contribution in [0.15, 0.2) is 90.0 Å². The van der Waals surface area contributed by atoms with Gasteiger partial charge in [-0.1, -0.05) is 61.2 Å². The molecule has 2 heterocycles. The second-order valence-electron chi connectivity index (χ2n) is 6.42. The second kappa shape index (κ2) is 7.42. The van der Waals surface area contributed by atoms with Gasteiger partial charge in [-0.15, -0.1) is 0 Å². The molecular formula is C24H19NO2. The van der Waals surface area contributed by atoms with Crippen LogP contribution in [0.2, 0.25) is 0 Å². The molecule has 132 valence electrons. The molecule has 3 nitrogen and oxygen atoms in total. The van der Waals surface area contributed by atoms with Crippen LogP contribution in [0.4, 0.5) is 0 Å². The van der Waals surface area contributed by atoms with Crippen molar-refractivity contribution < 1.29 is 9.21 Å². The van der Waals surface area contributed by atoms with Gasteiger partial charge in [-0.3, -0.25) is 9.78 Å². The van der Waals surface area contributed by atoms with Gasteiger partial charge < -0.3 is 4.42 Å². The summed E-state index contributed by atoms with van der Waals surface area (Å²) in [6, 6.07) is 22.2. The van der Waals surface area contributed by atoms with Gasteiger partial charge in [0.2, 0.25) is 0 Å². The minimum Gasteiger partial charge on any atom is -0.454 e. The van der Waals surface area contributed by atoms with Gasteiger partial charge in [0, 0.05) is 29.8 Å². The Morgan fingerprint density at radius 2 is 1.78 bits per heavy atom. The number of hydrogen-bond donors (Lipinski definition) is 0. The average Bonchev–Trinajstić information content (AvgIpc) is 3.17. The summed E-state index contributed by atoms with van der Waals surface area (Å²) in [5, 5.41) is 0. The van der Waals surface area contributed by atoms with E-state index in [4.69, 9.17) is 4.42 Å². The molecule has 0 bridgehead atoms. The van der Waals surface area contributed by atoms with Gasteiger partial charge in [0.05, 0.1) is 0 Å². The molecule has 0 unspecified atom stereocenters. The molecule has 27 heavy (non-hydrogen) atoms. The maximum absolute atomic E-state index is 11.4. The molecule has 2 aromatic carbocycles. The van der Waals surface area contributed by atoms with Crippen LogP contribution in [0.5, 0.6) is 0 Å². The smallest absolute Gasteiger partial charge is 0.161 e. The van der Waals surface area contributed by atoms with E-state index in [0.717, 1.165) is 45.5 Å². The number of rotatable bonds is 6. The molecule has 0 amide bonds. The summed E-state index contributed by atoms with van der Waals surface area (Å²) in [4.78, 5) is 15.9. The van der Waals surface area contributed by atoms with Gasteiger partial charge in [0.15, 0.2) is 11.4 Å². The highest BCUT2D eigenvalue weighted by Crippen LogP contribution is 2.33. The lowest BCUT2D eigenvalue weighted by atomic mass is 10.0. The number of ketones is 1. The topological polar surface area (TPSA) is 43.1 Å². The van der Waals surface area contributed by atoms with Gasteiger partial charge in [0.25, 0.3) is 0 Å². The fourth-order valence-corrected chi connectivity index (χ4v) is 3.13. The summed E-state index contributed by atoms with van der Waals surface area (Å²) in [6.07, 6.45) is 4.39. The number of furan rings is 1. The van der Waals surface area contributed by atoms with E-state index in [0.29, 0.717) is 6.42 Å². The van der Waals surface area contributed by atoms with Crippen molar-refractivity contribution in [3.63, 3.8) is 0 Å². The van der Waals surface area contributed by atoms with Crippen LogP contribution in [0.25, 0.3) is 33.6 Å². The van der Waals surface area contributed by atoms with Crippen LogP contribution in [-0.2, 0) is 11.2 Å². The summed E-state index contributed by atoms with van der Waals surface area (Å²) >= 11 is 0. The molecule has 4 rings (SSSR count). The number of fused-ring (bicyclic) bond motifs is 1. The largest absolute Gasteiger partial charge is 0.454 e. The number of allylic oxidation sites excluding steroid dienone is 1. The Bertz CT molecular complexity index is 1090. The van der Waals surface area contributed by atoms with Gasteiger partial charge in [-0.25, -0.2) is 0 Å². The molecule has 0 saturated carbocycles. The van der Waals surface area contributed by atoms with Crippen molar-refractivity contribution in [1.29, 1.82) is 0 Å². The maximum Gasteiger partial charge on any atom is 0.161 e. The standard InChI is InChI=1S/C24H19NO2/c1-2-20(26)13-10-17-8-11-18(12-9-17)21-14-15-25-22-16-23(27-24(21)22)19-6-4-3-5-7-19/h2-9,11-12,14-16H,1,10,13H2. The zero-order chi connectivity index (χ0) is 18.6. The molecule has 3 heteroatoms.